The van der Waals surface area contributed by atoms with Crippen LogP contribution in [0.2, 0.25) is 0 Å². The standard InChI is InChI=1S/C19H28BrN/c1-2-15-5-4-9-19(10-8-15)11-12-21-14-18(19)16-6-3-7-17(20)13-16/h3,6-7,13,15,18,21H,2,4-5,8-12,14H2,1H3. The third kappa shape index (κ3) is 3.37. The highest BCUT2D eigenvalue weighted by molar-refractivity contribution is 9.10. The fourth-order valence-electron chi connectivity index (χ4n) is 4.68. The number of hydrogen-bond donors (Lipinski definition) is 1. The van der Waals surface area contributed by atoms with Gasteiger partial charge in [-0.15, -0.1) is 0 Å². The summed E-state index contributed by atoms with van der Waals surface area (Å²) in [6.07, 6.45) is 9.93. The van der Waals surface area contributed by atoms with Crippen LogP contribution in [0.15, 0.2) is 28.7 Å². The van der Waals surface area contributed by atoms with Gasteiger partial charge in [-0.05, 0) is 61.3 Å². The molecule has 0 radical (unpaired) electrons. The number of rotatable bonds is 2. The molecule has 3 rings (SSSR count). The average Bonchev–Trinajstić information content (AvgIpc) is 2.71. The maximum atomic E-state index is 3.66. The smallest absolute Gasteiger partial charge is 0.0178 e. The molecule has 3 atom stereocenters. The lowest BCUT2D eigenvalue weighted by Gasteiger charge is -2.45. The Morgan fingerprint density at radius 1 is 1.24 bits per heavy atom. The minimum Gasteiger partial charge on any atom is -0.316 e. The fourth-order valence-corrected chi connectivity index (χ4v) is 5.10. The molecule has 1 N–H and O–H groups in total. The van der Waals surface area contributed by atoms with Gasteiger partial charge >= 0.3 is 0 Å². The lowest BCUT2D eigenvalue weighted by atomic mass is 9.63. The zero-order valence-electron chi connectivity index (χ0n) is 13.2. The second-order valence-electron chi connectivity index (χ2n) is 7.13. The predicted molar refractivity (Wildman–Crippen MR) is 93.7 cm³/mol. The minimum absolute atomic E-state index is 0.552. The van der Waals surface area contributed by atoms with E-state index in [2.05, 4.69) is 52.4 Å². The molecule has 1 spiro atoms. The van der Waals surface area contributed by atoms with Crippen molar-refractivity contribution in [2.45, 2.75) is 57.8 Å². The average molecular weight is 350 g/mol. The van der Waals surface area contributed by atoms with E-state index < -0.39 is 0 Å². The molecule has 3 unspecified atom stereocenters. The van der Waals surface area contributed by atoms with E-state index in [1.165, 1.54) is 61.5 Å². The summed E-state index contributed by atoms with van der Waals surface area (Å²) in [5.74, 6) is 1.67. The molecule has 1 aliphatic carbocycles. The first-order valence-electron chi connectivity index (χ1n) is 8.70. The summed E-state index contributed by atoms with van der Waals surface area (Å²) in [6.45, 7) is 4.74. The predicted octanol–water partition coefficient (Wildman–Crippen LogP) is 5.50. The molecule has 1 aromatic carbocycles. The van der Waals surface area contributed by atoms with E-state index in [4.69, 9.17) is 0 Å². The van der Waals surface area contributed by atoms with Gasteiger partial charge in [-0.2, -0.15) is 0 Å². The van der Waals surface area contributed by atoms with Crippen LogP contribution < -0.4 is 5.32 Å². The van der Waals surface area contributed by atoms with Crippen molar-refractivity contribution < 1.29 is 0 Å². The highest BCUT2D eigenvalue weighted by Gasteiger charge is 2.42. The van der Waals surface area contributed by atoms with Gasteiger partial charge in [-0.1, -0.05) is 54.2 Å². The van der Waals surface area contributed by atoms with Crippen molar-refractivity contribution in [2.24, 2.45) is 11.3 Å². The first-order valence-corrected chi connectivity index (χ1v) is 9.49. The van der Waals surface area contributed by atoms with Crippen molar-refractivity contribution in [1.29, 1.82) is 0 Å². The first kappa shape index (κ1) is 15.6. The number of piperidine rings is 1. The molecular weight excluding hydrogens is 322 g/mol. The number of nitrogens with one attached hydrogen (secondary N) is 1. The zero-order chi connectivity index (χ0) is 14.7. The second-order valence-corrected chi connectivity index (χ2v) is 8.04. The Morgan fingerprint density at radius 3 is 2.95 bits per heavy atom. The topological polar surface area (TPSA) is 12.0 Å². The Labute approximate surface area is 138 Å². The van der Waals surface area contributed by atoms with Crippen LogP contribution in [0.1, 0.15) is 63.4 Å². The third-order valence-corrected chi connectivity index (χ3v) is 6.55. The van der Waals surface area contributed by atoms with Crippen LogP contribution in [0.25, 0.3) is 0 Å². The van der Waals surface area contributed by atoms with Gasteiger partial charge < -0.3 is 5.32 Å². The van der Waals surface area contributed by atoms with E-state index in [0.29, 0.717) is 11.3 Å². The summed E-state index contributed by atoms with van der Waals surface area (Å²) < 4.78 is 1.22. The summed E-state index contributed by atoms with van der Waals surface area (Å²) in [4.78, 5) is 0. The molecule has 1 nitrogen and oxygen atoms in total. The van der Waals surface area contributed by atoms with Crippen molar-refractivity contribution in [2.75, 3.05) is 13.1 Å². The Balaban J connectivity index is 1.86. The van der Waals surface area contributed by atoms with Gasteiger partial charge in [0.2, 0.25) is 0 Å². The quantitative estimate of drug-likeness (QED) is 0.742. The molecule has 1 aromatic rings. The zero-order valence-corrected chi connectivity index (χ0v) is 14.8. The van der Waals surface area contributed by atoms with E-state index in [0.717, 1.165) is 12.5 Å². The SMILES string of the molecule is CCC1CCCC2(CCNCC2c2cccc(Br)c2)CC1. The molecule has 2 heteroatoms. The van der Waals surface area contributed by atoms with Crippen LogP contribution in [0, 0.1) is 11.3 Å². The van der Waals surface area contributed by atoms with Gasteiger partial charge in [0.15, 0.2) is 0 Å². The van der Waals surface area contributed by atoms with Crippen LogP contribution in [0.4, 0.5) is 0 Å². The highest BCUT2D eigenvalue weighted by atomic mass is 79.9. The van der Waals surface area contributed by atoms with Crippen LogP contribution in [-0.4, -0.2) is 13.1 Å². The van der Waals surface area contributed by atoms with Gasteiger partial charge in [0.25, 0.3) is 0 Å². The molecule has 116 valence electrons. The van der Waals surface area contributed by atoms with E-state index in [1.54, 1.807) is 0 Å². The van der Waals surface area contributed by atoms with Crippen molar-refractivity contribution >= 4 is 15.9 Å². The van der Waals surface area contributed by atoms with E-state index in [9.17, 15) is 0 Å². The Bertz CT molecular complexity index is 472. The lowest BCUT2D eigenvalue weighted by Crippen LogP contribution is -2.43. The Kier molecular flexibility index (Phi) is 5.06. The van der Waals surface area contributed by atoms with Crippen molar-refractivity contribution in [3.05, 3.63) is 34.3 Å². The van der Waals surface area contributed by atoms with Crippen LogP contribution in [0.5, 0.6) is 0 Å². The molecule has 0 amide bonds. The van der Waals surface area contributed by atoms with E-state index >= 15 is 0 Å². The molecule has 2 aliphatic rings. The molecule has 0 aromatic heterocycles. The van der Waals surface area contributed by atoms with Gasteiger partial charge in [0.1, 0.15) is 0 Å². The molecule has 1 saturated carbocycles. The summed E-state index contributed by atoms with van der Waals surface area (Å²) in [7, 11) is 0. The summed E-state index contributed by atoms with van der Waals surface area (Å²) in [5, 5.41) is 3.65. The summed E-state index contributed by atoms with van der Waals surface area (Å²) in [5.41, 5.74) is 2.09. The van der Waals surface area contributed by atoms with Gasteiger partial charge in [-0.25, -0.2) is 0 Å². The van der Waals surface area contributed by atoms with Crippen molar-refractivity contribution in [1.82, 2.24) is 5.32 Å². The lowest BCUT2D eigenvalue weighted by molar-refractivity contribution is 0.134. The molecular formula is C19H28BrN. The van der Waals surface area contributed by atoms with Crippen LogP contribution in [-0.2, 0) is 0 Å². The third-order valence-electron chi connectivity index (χ3n) is 6.05. The number of benzene rings is 1. The Morgan fingerprint density at radius 2 is 2.14 bits per heavy atom. The second kappa shape index (κ2) is 6.83. The molecule has 2 fully saturated rings. The van der Waals surface area contributed by atoms with Crippen molar-refractivity contribution in [3.8, 4) is 0 Å². The molecule has 1 aliphatic heterocycles. The molecule has 1 saturated heterocycles. The largest absolute Gasteiger partial charge is 0.316 e. The molecule has 1 heterocycles. The monoisotopic (exact) mass is 349 g/mol. The highest BCUT2D eigenvalue weighted by Crippen LogP contribution is 2.51. The number of halogens is 1. The normalized spacial score (nSPS) is 33.8. The van der Waals surface area contributed by atoms with Crippen LogP contribution in [0.3, 0.4) is 0 Å². The fraction of sp³-hybridized carbons (Fsp3) is 0.684. The Hall–Kier alpha value is -0.340. The van der Waals surface area contributed by atoms with Crippen molar-refractivity contribution in [3.63, 3.8) is 0 Å². The number of hydrogen-bond acceptors (Lipinski definition) is 1. The minimum atomic E-state index is 0.552. The van der Waals surface area contributed by atoms with Gasteiger partial charge in [0.05, 0.1) is 0 Å². The van der Waals surface area contributed by atoms with Gasteiger partial charge in [-0.3, -0.25) is 0 Å². The van der Waals surface area contributed by atoms with E-state index in [1.807, 2.05) is 0 Å². The summed E-state index contributed by atoms with van der Waals surface area (Å²) >= 11 is 3.66. The maximum Gasteiger partial charge on any atom is 0.0178 e. The molecule has 0 bridgehead atoms. The van der Waals surface area contributed by atoms with E-state index in [-0.39, 0.29) is 0 Å². The van der Waals surface area contributed by atoms with Crippen LogP contribution >= 0.6 is 15.9 Å². The van der Waals surface area contributed by atoms with Gasteiger partial charge in [0, 0.05) is 16.9 Å². The maximum absolute atomic E-state index is 3.66. The molecule has 21 heavy (non-hydrogen) atoms. The first-order chi connectivity index (χ1) is 10.2. The summed E-state index contributed by atoms with van der Waals surface area (Å²) in [6, 6.07) is 9.04.